The Bertz CT molecular complexity index is 549. The number of β-amino-alcohol motifs (C(OH)–C–C–N with tert-alkyl or cyclic N) is 1. The van der Waals surface area contributed by atoms with Gasteiger partial charge in [-0.25, -0.2) is 9.37 Å². The lowest BCUT2D eigenvalue weighted by atomic mass is 9.98. The highest BCUT2D eigenvalue weighted by Crippen LogP contribution is 2.17. The fraction of sp³-hybridized carbons (Fsp3) is 0.364. The summed E-state index contributed by atoms with van der Waals surface area (Å²) in [5.74, 6) is 0.250. The normalized spacial score (nSPS) is 18.0. The van der Waals surface area contributed by atoms with Crippen LogP contribution < -0.4 is 10.6 Å². The molecule has 2 aromatic rings. The smallest absolute Gasteiger partial charge is 0.201 e. The molecule has 6 heteroatoms. The van der Waals surface area contributed by atoms with Crippen LogP contribution in [0, 0.1) is 5.82 Å². The van der Waals surface area contributed by atoms with Gasteiger partial charge in [0.15, 0.2) is 0 Å². The van der Waals surface area contributed by atoms with E-state index in [1.807, 2.05) is 0 Å². The summed E-state index contributed by atoms with van der Waals surface area (Å²) in [5, 5.41) is 15.9. The molecule has 0 aliphatic carbocycles. The Labute approximate surface area is 97.1 Å². The summed E-state index contributed by atoms with van der Waals surface area (Å²) in [4.78, 5) is 7.21. The molecular formula is C11H13FN4O. The maximum Gasteiger partial charge on any atom is 0.201 e. The molecule has 4 N–H and O–H groups in total. The van der Waals surface area contributed by atoms with Crippen molar-refractivity contribution in [1.29, 1.82) is 0 Å². The minimum absolute atomic E-state index is 0.297. The van der Waals surface area contributed by atoms with E-state index < -0.39 is 5.60 Å². The number of H-pyrrole nitrogens is 1. The standard InChI is InChI=1S/C11H13FN4O/c12-7-1-2-8-9(3-7)16-10(15-8)14-6-11(17)4-13-5-11/h1-3,13,17H,4-6H2,(H2,14,15,16). The molecule has 5 nitrogen and oxygen atoms in total. The van der Waals surface area contributed by atoms with Crippen LogP contribution in [-0.2, 0) is 0 Å². The second-order valence-electron chi connectivity index (χ2n) is 4.43. The number of anilines is 1. The van der Waals surface area contributed by atoms with E-state index in [0.29, 0.717) is 36.6 Å². The van der Waals surface area contributed by atoms with Crippen LogP contribution in [0.3, 0.4) is 0 Å². The predicted octanol–water partition coefficient (Wildman–Crippen LogP) is 0.448. The molecule has 0 unspecified atom stereocenters. The monoisotopic (exact) mass is 236 g/mol. The van der Waals surface area contributed by atoms with Gasteiger partial charge in [0.05, 0.1) is 11.0 Å². The van der Waals surface area contributed by atoms with E-state index in [2.05, 4.69) is 20.6 Å². The lowest BCUT2D eigenvalue weighted by molar-refractivity contribution is 0.00300. The summed E-state index contributed by atoms with van der Waals surface area (Å²) in [6, 6.07) is 4.38. The van der Waals surface area contributed by atoms with Crippen LogP contribution in [0.4, 0.5) is 10.3 Å². The lowest BCUT2D eigenvalue weighted by Gasteiger charge is -2.37. The Morgan fingerprint density at radius 1 is 1.47 bits per heavy atom. The van der Waals surface area contributed by atoms with Crippen molar-refractivity contribution < 1.29 is 9.50 Å². The maximum atomic E-state index is 13.0. The van der Waals surface area contributed by atoms with Gasteiger partial charge >= 0.3 is 0 Å². The van der Waals surface area contributed by atoms with E-state index in [1.165, 1.54) is 12.1 Å². The van der Waals surface area contributed by atoms with Crippen molar-refractivity contribution >= 4 is 17.0 Å². The molecule has 1 aliphatic rings. The van der Waals surface area contributed by atoms with Gasteiger partial charge < -0.3 is 20.7 Å². The number of rotatable bonds is 3. The molecule has 17 heavy (non-hydrogen) atoms. The average Bonchev–Trinajstić information content (AvgIpc) is 2.65. The third-order valence-electron chi connectivity index (χ3n) is 2.94. The van der Waals surface area contributed by atoms with E-state index >= 15 is 0 Å². The first-order valence-electron chi connectivity index (χ1n) is 5.47. The molecule has 0 spiro atoms. The van der Waals surface area contributed by atoms with Crippen LogP contribution in [0.2, 0.25) is 0 Å². The Morgan fingerprint density at radius 3 is 3.00 bits per heavy atom. The van der Waals surface area contributed by atoms with Gasteiger partial charge in [-0.1, -0.05) is 0 Å². The number of fused-ring (bicyclic) bond motifs is 1. The largest absolute Gasteiger partial charge is 0.385 e. The van der Waals surface area contributed by atoms with Gasteiger partial charge in [-0.2, -0.15) is 0 Å². The summed E-state index contributed by atoms with van der Waals surface area (Å²) in [7, 11) is 0. The molecule has 1 fully saturated rings. The van der Waals surface area contributed by atoms with Crippen molar-refractivity contribution in [3.05, 3.63) is 24.0 Å². The van der Waals surface area contributed by atoms with Crippen LogP contribution in [0.25, 0.3) is 11.0 Å². The molecule has 0 atom stereocenters. The van der Waals surface area contributed by atoms with E-state index in [4.69, 9.17) is 0 Å². The van der Waals surface area contributed by atoms with Crippen LogP contribution in [0.1, 0.15) is 0 Å². The minimum atomic E-state index is -0.704. The van der Waals surface area contributed by atoms with E-state index in [0.717, 1.165) is 0 Å². The summed E-state index contributed by atoms with van der Waals surface area (Å²) in [6.07, 6.45) is 0. The second kappa shape index (κ2) is 3.68. The van der Waals surface area contributed by atoms with Gasteiger partial charge in [-0.05, 0) is 18.2 Å². The molecule has 1 saturated heterocycles. The van der Waals surface area contributed by atoms with Gasteiger partial charge in [-0.15, -0.1) is 0 Å². The van der Waals surface area contributed by atoms with Crippen molar-refractivity contribution in [2.24, 2.45) is 0 Å². The fourth-order valence-electron chi connectivity index (χ4n) is 1.85. The molecule has 0 saturated carbocycles. The molecule has 1 aromatic heterocycles. The molecular weight excluding hydrogens is 223 g/mol. The van der Waals surface area contributed by atoms with Crippen molar-refractivity contribution in [3.8, 4) is 0 Å². The van der Waals surface area contributed by atoms with Crippen molar-refractivity contribution in [3.63, 3.8) is 0 Å². The highest BCUT2D eigenvalue weighted by molar-refractivity contribution is 5.77. The second-order valence-corrected chi connectivity index (χ2v) is 4.43. The Hall–Kier alpha value is -1.66. The zero-order valence-electron chi connectivity index (χ0n) is 9.13. The van der Waals surface area contributed by atoms with Gasteiger partial charge in [0.2, 0.25) is 5.95 Å². The van der Waals surface area contributed by atoms with Crippen molar-refractivity contribution in [2.75, 3.05) is 25.0 Å². The minimum Gasteiger partial charge on any atom is -0.385 e. The van der Waals surface area contributed by atoms with Crippen LogP contribution >= 0.6 is 0 Å². The first-order valence-corrected chi connectivity index (χ1v) is 5.47. The summed E-state index contributed by atoms with van der Waals surface area (Å²) in [6.45, 7) is 1.58. The Morgan fingerprint density at radius 2 is 2.29 bits per heavy atom. The van der Waals surface area contributed by atoms with Gasteiger partial charge in [0, 0.05) is 19.6 Å². The van der Waals surface area contributed by atoms with Crippen LogP contribution in [-0.4, -0.2) is 40.3 Å². The third kappa shape index (κ3) is 1.96. The Balaban J connectivity index is 1.76. The van der Waals surface area contributed by atoms with Gasteiger partial charge in [-0.3, -0.25) is 0 Å². The van der Waals surface area contributed by atoms with Crippen molar-refractivity contribution in [1.82, 2.24) is 15.3 Å². The number of aliphatic hydroxyl groups is 1. The number of halogens is 1. The first-order chi connectivity index (χ1) is 8.15. The van der Waals surface area contributed by atoms with Gasteiger partial charge in [0.25, 0.3) is 0 Å². The molecule has 1 aliphatic heterocycles. The topological polar surface area (TPSA) is 73.0 Å². The lowest BCUT2D eigenvalue weighted by Crippen LogP contribution is -2.63. The highest BCUT2D eigenvalue weighted by atomic mass is 19.1. The third-order valence-corrected chi connectivity index (χ3v) is 2.94. The first kappa shape index (κ1) is 10.5. The summed E-state index contributed by atoms with van der Waals surface area (Å²) in [5.41, 5.74) is 0.642. The van der Waals surface area contributed by atoms with Crippen molar-refractivity contribution in [2.45, 2.75) is 5.60 Å². The summed E-state index contributed by atoms with van der Waals surface area (Å²) >= 11 is 0. The van der Waals surface area contributed by atoms with Crippen LogP contribution in [0.15, 0.2) is 18.2 Å². The maximum absolute atomic E-state index is 13.0. The zero-order chi connectivity index (χ0) is 11.9. The van der Waals surface area contributed by atoms with E-state index in [-0.39, 0.29) is 5.82 Å². The van der Waals surface area contributed by atoms with Crippen LogP contribution in [0.5, 0.6) is 0 Å². The molecule has 90 valence electrons. The zero-order valence-corrected chi connectivity index (χ0v) is 9.13. The number of benzene rings is 1. The number of hydrogen-bond acceptors (Lipinski definition) is 4. The highest BCUT2D eigenvalue weighted by Gasteiger charge is 2.34. The molecule has 0 bridgehead atoms. The number of aromatic nitrogens is 2. The average molecular weight is 236 g/mol. The summed E-state index contributed by atoms with van der Waals surface area (Å²) < 4.78 is 13.0. The SMILES string of the molecule is OC1(CNc2nc3ccc(F)cc3[nH]2)CNC1. The quantitative estimate of drug-likeness (QED) is 0.624. The van der Waals surface area contributed by atoms with E-state index in [9.17, 15) is 9.50 Å². The molecule has 2 heterocycles. The fourth-order valence-corrected chi connectivity index (χ4v) is 1.85. The number of nitrogens with one attached hydrogen (secondary N) is 3. The predicted molar refractivity (Wildman–Crippen MR) is 62.4 cm³/mol. The molecule has 0 amide bonds. The molecule has 1 aromatic carbocycles. The Kier molecular flexibility index (Phi) is 2.27. The molecule has 3 rings (SSSR count). The molecule has 0 radical (unpaired) electrons. The van der Waals surface area contributed by atoms with E-state index in [1.54, 1.807) is 6.07 Å². The van der Waals surface area contributed by atoms with Gasteiger partial charge in [0.1, 0.15) is 11.4 Å². The number of aromatic amines is 1. The number of hydrogen-bond donors (Lipinski definition) is 4. The number of nitrogens with zero attached hydrogens (tertiary/aromatic N) is 1. The number of imidazole rings is 1.